The standard InChI is InChI=1S/C30H45NO4/c1-7-9-11-12-19-31-27-22-25(34-21-18-24(5)15-13-14-23(3)4)16-17-26(27)28(33-6)29(30(31)32)35-20-10-8-2/h14,16-18,22H,7-13,15,19-21H2,1-6H3/b24-18+. The summed E-state index contributed by atoms with van der Waals surface area (Å²) in [5, 5.41) is 0.870. The van der Waals surface area contributed by atoms with Gasteiger partial charge in [-0.25, -0.2) is 0 Å². The average molecular weight is 484 g/mol. The molecule has 35 heavy (non-hydrogen) atoms. The number of hydrogen-bond donors (Lipinski definition) is 0. The molecule has 5 nitrogen and oxygen atoms in total. The van der Waals surface area contributed by atoms with E-state index in [1.807, 2.05) is 22.8 Å². The SMILES string of the molecule is CCCCCCn1c(=O)c(OCCCC)c(OC)c2ccc(OC/C=C(\C)CCC=C(C)C)cc21. The average Bonchev–Trinajstić information content (AvgIpc) is 2.83. The van der Waals surface area contributed by atoms with Crippen LogP contribution in [0.25, 0.3) is 10.9 Å². The van der Waals surface area contributed by atoms with Crippen LogP contribution < -0.4 is 19.8 Å². The van der Waals surface area contributed by atoms with Gasteiger partial charge < -0.3 is 18.8 Å². The largest absolute Gasteiger partial charge is 0.492 e. The number of nitrogens with zero attached hydrogens (tertiary/aromatic N) is 1. The van der Waals surface area contributed by atoms with E-state index in [1.165, 1.54) is 11.1 Å². The quantitative estimate of drug-likeness (QED) is 0.180. The Morgan fingerprint density at radius 3 is 2.40 bits per heavy atom. The molecule has 2 rings (SSSR count). The Hall–Kier alpha value is -2.69. The Balaban J connectivity index is 2.34. The zero-order valence-electron chi connectivity index (χ0n) is 22.7. The van der Waals surface area contributed by atoms with Crippen LogP contribution in [0.5, 0.6) is 17.2 Å². The summed E-state index contributed by atoms with van der Waals surface area (Å²) >= 11 is 0. The highest BCUT2D eigenvalue weighted by atomic mass is 16.5. The van der Waals surface area contributed by atoms with E-state index in [1.54, 1.807) is 7.11 Å². The Labute approximate surface area is 211 Å². The lowest BCUT2D eigenvalue weighted by Gasteiger charge is -2.18. The molecular formula is C30H45NO4. The van der Waals surface area contributed by atoms with Crippen LogP contribution in [0.4, 0.5) is 0 Å². The van der Waals surface area contributed by atoms with Crippen molar-refractivity contribution in [3.05, 3.63) is 51.9 Å². The lowest BCUT2D eigenvalue weighted by molar-refractivity contribution is 0.283. The molecule has 0 unspecified atom stereocenters. The number of fused-ring (bicyclic) bond motifs is 1. The first-order chi connectivity index (χ1) is 16.9. The molecule has 1 aromatic heterocycles. The zero-order chi connectivity index (χ0) is 25.6. The predicted molar refractivity (Wildman–Crippen MR) is 147 cm³/mol. The Kier molecular flexibility index (Phi) is 12.5. The molecule has 194 valence electrons. The van der Waals surface area contributed by atoms with Crippen LogP contribution in [0.15, 0.2) is 46.3 Å². The van der Waals surface area contributed by atoms with Crippen molar-refractivity contribution in [2.75, 3.05) is 20.3 Å². The minimum atomic E-state index is -0.130. The molecule has 0 fully saturated rings. The maximum Gasteiger partial charge on any atom is 0.297 e. The summed E-state index contributed by atoms with van der Waals surface area (Å²) in [6.45, 7) is 12.3. The molecule has 2 aromatic rings. The number of pyridine rings is 1. The minimum absolute atomic E-state index is 0.130. The van der Waals surface area contributed by atoms with Gasteiger partial charge in [0.15, 0.2) is 5.75 Å². The van der Waals surface area contributed by atoms with E-state index in [0.717, 1.165) is 68.0 Å². The molecule has 0 spiro atoms. The number of ether oxygens (including phenoxy) is 3. The van der Waals surface area contributed by atoms with Crippen molar-refractivity contribution in [1.82, 2.24) is 4.57 Å². The molecule has 5 heteroatoms. The third kappa shape index (κ3) is 8.79. The number of aromatic nitrogens is 1. The van der Waals surface area contributed by atoms with Gasteiger partial charge in [-0.3, -0.25) is 4.79 Å². The highest BCUT2D eigenvalue weighted by molar-refractivity contribution is 5.89. The fraction of sp³-hybridized carbons (Fsp3) is 0.567. The van der Waals surface area contributed by atoms with Crippen LogP contribution >= 0.6 is 0 Å². The monoisotopic (exact) mass is 483 g/mol. The summed E-state index contributed by atoms with van der Waals surface area (Å²) in [5.41, 5.74) is 3.36. The van der Waals surface area contributed by atoms with Gasteiger partial charge in [-0.15, -0.1) is 0 Å². The molecular weight excluding hydrogens is 438 g/mol. The van der Waals surface area contributed by atoms with Crippen molar-refractivity contribution in [2.45, 2.75) is 92.5 Å². The van der Waals surface area contributed by atoms with Crippen LogP contribution in [0.1, 0.15) is 86.0 Å². The first-order valence-electron chi connectivity index (χ1n) is 13.2. The number of methoxy groups -OCH3 is 1. The fourth-order valence-electron chi connectivity index (χ4n) is 4.01. The maximum atomic E-state index is 13.5. The lowest BCUT2D eigenvalue weighted by atomic mass is 10.1. The van der Waals surface area contributed by atoms with Crippen molar-refractivity contribution >= 4 is 10.9 Å². The molecule has 0 bridgehead atoms. The van der Waals surface area contributed by atoms with Gasteiger partial charge in [0.1, 0.15) is 12.4 Å². The van der Waals surface area contributed by atoms with Crippen LogP contribution in [-0.4, -0.2) is 24.9 Å². The Bertz CT molecular complexity index is 1040. The first-order valence-corrected chi connectivity index (χ1v) is 13.2. The van der Waals surface area contributed by atoms with Gasteiger partial charge in [-0.2, -0.15) is 0 Å². The van der Waals surface area contributed by atoms with Crippen LogP contribution in [-0.2, 0) is 6.54 Å². The number of unbranched alkanes of at least 4 members (excludes halogenated alkanes) is 4. The topological polar surface area (TPSA) is 49.7 Å². The van der Waals surface area contributed by atoms with E-state index < -0.39 is 0 Å². The summed E-state index contributed by atoms with van der Waals surface area (Å²) < 4.78 is 19.5. The predicted octanol–water partition coefficient (Wildman–Crippen LogP) is 7.84. The summed E-state index contributed by atoms with van der Waals surface area (Å²) in [7, 11) is 1.60. The van der Waals surface area contributed by atoms with Crippen LogP contribution in [0, 0.1) is 0 Å². The molecule has 0 aliphatic rings. The van der Waals surface area contributed by atoms with E-state index in [9.17, 15) is 4.79 Å². The molecule has 0 aliphatic carbocycles. The molecule has 0 N–H and O–H groups in total. The van der Waals surface area contributed by atoms with Gasteiger partial charge in [-0.1, -0.05) is 56.8 Å². The lowest BCUT2D eigenvalue weighted by Crippen LogP contribution is -2.24. The second-order valence-corrected chi connectivity index (χ2v) is 9.44. The van der Waals surface area contributed by atoms with E-state index >= 15 is 0 Å². The third-order valence-corrected chi connectivity index (χ3v) is 6.11. The smallest absolute Gasteiger partial charge is 0.297 e. The van der Waals surface area contributed by atoms with E-state index in [2.05, 4.69) is 46.8 Å². The molecule has 0 saturated heterocycles. The van der Waals surface area contributed by atoms with Gasteiger partial charge in [0, 0.05) is 18.0 Å². The van der Waals surface area contributed by atoms with Gasteiger partial charge in [-0.05, 0) is 64.7 Å². The van der Waals surface area contributed by atoms with Gasteiger partial charge in [0.25, 0.3) is 5.56 Å². The van der Waals surface area contributed by atoms with Crippen molar-refractivity contribution in [1.29, 1.82) is 0 Å². The summed E-state index contributed by atoms with van der Waals surface area (Å²) in [6, 6.07) is 5.88. The first kappa shape index (κ1) is 28.5. The molecule has 1 heterocycles. The van der Waals surface area contributed by atoms with Crippen molar-refractivity contribution in [3.8, 4) is 17.2 Å². The van der Waals surface area contributed by atoms with E-state index in [0.29, 0.717) is 31.3 Å². The molecule has 1 aromatic carbocycles. The van der Waals surface area contributed by atoms with Crippen molar-refractivity contribution in [2.24, 2.45) is 0 Å². The number of allylic oxidation sites excluding steroid dienone is 3. The summed E-state index contributed by atoms with van der Waals surface area (Å²) in [5.74, 6) is 1.56. The molecule has 0 atom stereocenters. The molecule has 0 aliphatic heterocycles. The second-order valence-electron chi connectivity index (χ2n) is 9.44. The third-order valence-electron chi connectivity index (χ3n) is 6.11. The van der Waals surface area contributed by atoms with Gasteiger partial charge >= 0.3 is 0 Å². The minimum Gasteiger partial charge on any atom is -0.492 e. The Morgan fingerprint density at radius 1 is 0.943 bits per heavy atom. The number of benzene rings is 1. The summed E-state index contributed by atoms with van der Waals surface area (Å²) in [6.07, 6.45) is 12.7. The summed E-state index contributed by atoms with van der Waals surface area (Å²) in [4.78, 5) is 13.5. The normalized spacial score (nSPS) is 11.5. The highest BCUT2D eigenvalue weighted by Gasteiger charge is 2.19. The van der Waals surface area contributed by atoms with Crippen molar-refractivity contribution < 1.29 is 14.2 Å². The van der Waals surface area contributed by atoms with Gasteiger partial charge in [0.2, 0.25) is 5.75 Å². The number of hydrogen-bond acceptors (Lipinski definition) is 4. The molecule has 0 saturated carbocycles. The van der Waals surface area contributed by atoms with Crippen LogP contribution in [0.3, 0.4) is 0 Å². The van der Waals surface area contributed by atoms with E-state index in [-0.39, 0.29) is 5.56 Å². The molecule has 0 amide bonds. The number of rotatable bonds is 16. The maximum absolute atomic E-state index is 13.5. The second kappa shape index (κ2) is 15.3. The van der Waals surface area contributed by atoms with Crippen LogP contribution in [0.2, 0.25) is 0 Å². The Morgan fingerprint density at radius 2 is 1.71 bits per heavy atom. The molecule has 0 radical (unpaired) electrons. The zero-order valence-corrected chi connectivity index (χ0v) is 22.7. The van der Waals surface area contributed by atoms with Gasteiger partial charge in [0.05, 0.1) is 19.2 Å². The fourth-order valence-corrected chi connectivity index (χ4v) is 4.01. The van der Waals surface area contributed by atoms with E-state index in [4.69, 9.17) is 14.2 Å². The highest BCUT2D eigenvalue weighted by Crippen LogP contribution is 2.34. The number of aryl methyl sites for hydroxylation is 1. The van der Waals surface area contributed by atoms with Crippen molar-refractivity contribution in [3.63, 3.8) is 0 Å².